The van der Waals surface area contributed by atoms with E-state index in [2.05, 4.69) is 26.3 Å². The number of aromatic nitrogens is 2. The van der Waals surface area contributed by atoms with Gasteiger partial charge in [0.1, 0.15) is 16.5 Å². The number of methoxy groups -OCH3 is 2. The summed E-state index contributed by atoms with van der Waals surface area (Å²) < 4.78 is 51.4. The predicted molar refractivity (Wildman–Crippen MR) is 114 cm³/mol. The Bertz CT molecular complexity index is 1260. The number of carbonyl (C=O) groups is 1. The second-order valence-electron chi connectivity index (χ2n) is 6.00. The Morgan fingerprint density at radius 1 is 1.22 bits per heavy atom. The van der Waals surface area contributed by atoms with Crippen molar-refractivity contribution in [2.45, 2.75) is 11.2 Å². The molecule has 12 heteroatoms. The quantitative estimate of drug-likeness (QED) is 0.321. The number of halogens is 3. The van der Waals surface area contributed by atoms with E-state index in [1.54, 1.807) is 22.5 Å². The van der Waals surface area contributed by atoms with Gasteiger partial charge < -0.3 is 19.2 Å². The number of anilines is 1. The minimum Gasteiger partial charge on any atom is -0.495 e. The molecule has 0 atom stereocenters. The fraction of sp³-hybridized carbons (Fsp3) is 0.150. The van der Waals surface area contributed by atoms with Crippen LogP contribution in [0.2, 0.25) is 0 Å². The molecule has 0 aliphatic carbocycles. The third kappa shape index (κ3) is 5.83. The number of nitrogens with zero attached hydrogens (tertiary/aromatic N) is 1. The minimum atomic E-state index is -4.68. The Hall–Kier alpha value is -3.43. The fourth-order valence-corrected chi connectivity index (χ4v) is 3.83. The summed E-state index contributed by atoms with van der Waals surface area (Å²) >= 11 is 2.35. The average Bonchev–Trinajstić information content (AvgIpc) is 3.22. The van der Waals surface area contributed by atoms with Gasteiger partial charge in [-0.1, -0.05) is 5.92 Å². The highest BCUT2D eigenvalue weighted by atomic mass is 32.2. The lowest BCUT2D eigenvalue weighted by molar-refractivity contribution is -0.141. The summed E-state index contributed by atoms with van der Waals surface area (Å²) in [6.07, 6.45) is -4.68. The maximum Gasteiger partial charge on any atom is 0.431 e. The maximum absolute atomic E-state index is 12.8. The number of aromatic amines is 1. The standard InChI is InChI=1S/C20H14F3N3O4S2/c1-29-14-9-12(19(28)30-2)4-5-13(14)26-32-18-10-31-17(25-18)6-3-11-7-15(20(21,22)23)24-16(27)8-11/h4-5,7-10,26H,1-2H3,(H,24,27). The van der Waals surface area contributed by atoms with Crippen LogP contribution in [0.25, 0.3) is 0 Å². The van der Waals surface area contributed by atoms with Crippen molar-refractivity contribution in [3.8, 4) is 17.6 Å². The first-order chi connectivity index (χ1) is 15.2. The number of thiazole rings is 1. The van der Waals surface area contributed by atoms with E-state index in [1.165, 1.54) is 31.6 Å². The smallest absolute Gasteiger partial charge is 0.431 e. The van der Waals surface area contributed by atoms with Gasteiger partial charge in [0.05, 0.1) is 25.5 Å². The minimum absolute atomic E-state index is 0.0703. The van der Waals surface area contributed by atoms with Crippen molar-refractivity contribution in [3.05, 3.63) is 67.9 Å². The number of benzene rings is 1. The molecule has 3 aromatic rings. The van der Waals surface area contributed by atoms with E-state index in [0.717, 1.165) is 24.1 Å². The van der Waals surface area contributed by atoms with Crippen LogP contribution >= 0.6 is 23.3 Å². The number of ether oxygens (including phenoxy) is 2. The molecule has 7 nitrogen and oxygen atoms in total. The third-order valence-electron chi connectivity index (χ3n) is 3.83. The van der Waals surface area contributed by atoms with Crippen molar-refractivity contribution in [2.24, 2.45) is 0 Å². The first-order valence-corrected chi connectivity index (χ1v) is 10.4. The number of hydrogen-bond acceptors (Lipinski definition) is 8. The molecule has 0 saturated heterocycles. The molecular formula is C20H14F3N3O4S2. The van der Waals surface area contributed by atoms with E-state index in [9.17, 15) is 22.8 Å². The van der Waals surface area contributed by atoms with Crippen molar-refractivity contribution in [3.63, 3.8) is 0 Å². The summed E-state index contributed by atoms with van der Waals surface area (Å²) in [5.41, 5.74) is -1.20. The van der Waals surface area contributed by atoms with Gasteiger partial charge in [-0.3, -0.25) is 4.79 Å². The predicted octanol–water partition coefficient (Wildman–Crippen LogP) is 4.16. The number of rotatable bonds is 5. The van der Waals surface area contributed by atoms with E-state index < -0.39 is 23.4 Å². The number of esters is 1. The monoisotopic (exact) mass is 481 g/mol. The lowest BCUT2D eigenvalue weighted by Gasteiger charge is -2.10. The van der Waals surface area contributed by atoms with Gasteiger partial charge in [0.25, 0.3) is 0 Å². The summed E-state index contributed by atoms with van der Waals surface area (Å²) in [4.78, 5) is 29.1. The second kappa shape index (κ2) is 9.80. The molecule has 0 unspecified atom stereocenters. The first-order valence-electron chi connectivity index (χ1n) is 8.68. The average molecular weight is 481 g/mol. The molecule has 32 heavy (non-hydrogen) atoms. The van der Waals surface area contributed by atoms with Gasteiger partial charge in [-0.25, -0.2) is 9.78 Å². The van der Waals surface area contributed by atoms with Crippen LogP contribution in [0, 0.1) is 11.8 Å². The van der Waals surface area contributed by atoms with Crippen molar-refractivity contribution in [1.29, 1.82) is 0 Å². The largest absolute Gasteiger partial charge is 0.495 e. The summed E-state index contributed by atoms with van der Waals surface area (Å²) in [6, 6.07) is 6.51. The topological polar surface area (TPSA) is 93.3 Å². The van der Waals surface area contributed by atoms with Crippen LogP contribution in [0.5, 0.6) is 5.75 Å². The second-order valence-corrected chi connectivity index (χ2v) is 7.68. The molecule has 166 valence electrons. The lowest BCUT2D eigenvalue weighted by Crippen LogP contribution is -2.16. The Morgan fingerprint density at radius 2 is 2.00 bits per heavy atom. The summed E-state index contributed by atoms with van der Waals surface area (Å²) in [7, 11) is 2.74. The van der Waals surface area contributed by atoms with E-state index >= 15 is 0 Å². The Morgan fingerprint density at radius 3 is 2.69 bits per heavy atom. The number of nitrogens with one attached hydrogen (secondary N) is 2. The van der Waals surface area contributed by atoms with Crippen molar-refractivity contribution in [1.82, 2.24) is 9.97 Å². The Balaban J connectivity index is 1.71. The van der Waals surface area contributed by atoms with E-state index in [-0.39, 0.29) is 5.56 Å². The maximum atomic E-state index is 12.8. The molecule has 2 N–H and O–H groups in total. The summed E-state index contributed by atoms with van der Waals surface area (Å²) in [5.74, 6) is 5.11. The van der Waals surface area contributed by atoms with Gasteiger partial charge in [0.2, 0.25) is 5.56 Å². The number of pyridine rings is 1. The number of alkyl halides is 3. The van der Waals surface area contributed by atoms with Gasteiger partial charge in [0, 0.05) is 29.0 Å². The molecule has 0 bridgehead atoms. The van der Waals surface area contributed by atoms with Crippen LogP contribution in [-0.2, 0) is 10.9 Å². The fourth-order valence-electron chi connectivity index (χ4n) is 2.38. The molecule has 0 saturated carbocycles. The van der Waals surface area contributed by atoms with Crippen molar-refractivity contribution >= 4 is 34.9 Å². The third-order valence-corrected chi connectivity index (χ3v) is 5.48. The SMILES string of the molecule is COC(=O)c1ccc(NSc2csc(C#Cc3cc(C(F)(F)F)[nH]c(=O)c3)n2)c(OC)c1. The molecule has 0 aliphatic rings. The zero-order chi connectivity index (χ0) is 23.3. The van der Waals surface area contributed by atoms with E-state index in [0.29, 0.717) is 27.0 Å². The van der Waals surface area contributed by atoms with Crippen molar-refractivity contribution < 1.29 is 27.4 Å². The number of H-pyrrole nitrogens is 1. The van der Waals surface area contributed by atoms with Gasteiger partial charge in [-0.15, -0.1) is 11.3 Å². The summed E-state index contributed by atoms with van der Waals surface area (Å²) in [5, 5.41) is 2.62. The van der Waals surface area contributed by atoms with E-state index in [4.69, 9.17) is 4.74 Å². The highest BCUT2D eigenvalue weighted by Crippen LogP contribution is 2.31. The molecule has 1 aromatic carbocycles. The number of hydrogen-bond donors (Lipinski definition) is 2. The van der Waals surface area contributed by atoms with Crippen LogP contribution < -0.4 is 15.0 Å². The molecule has 0 fully saturated rings. The zero-order valence-corrected chi connectivity index (χ0v) is 18.1. The molecule has 2 aromatic heterocycles. The number of carbonyl (C=O) groups excluding carboxylic acids is 1. The van der Waals surface area contributed by atoms with Crippen molar-refractivity contribution in [2.75, 3.05) is 18.9 Å². The van der Waals surface area contributed by atoms with Crippen LogP contribution in [0.4, 0.5) is 18.9 Å². The lowest BCUT2D eigenvalue weighted by atomic mass is 10.2. The molecule has 0 spiro atoms. The molecule has 0 amide bonds. The Kier molecular flexibility index (Phi) is 7.12. The van der Waals surface area contributed by atoms with Crippen LogP contribution in [0.1, 0.15) is 26.6 Å². The van der Waals surface area contributed by atoms with E-state index in [1.807, 2.05) is 0 Å². The first kappa shape index (κ1) is 23.2. The molecule has 3 rings (SSSR count). The van der Waals surface area contributed by atoms with Crippen LogP contribution in [-0.4, -0.2) is 30.2 Å². The summed E-state index contributed by atoms with van der Waals surface area (Å²) in [6.45, 7) is 0. The van der Waals surface area contributed by atoms with Crippen LogP contribution in [0.15, 0.2) is 45.5 Å². The highest BCUT2D eigenvalue weighted by Gasteiger charge is 2.32. The zero-order valence-electron chi connectivity index (χ0n) is 16.5. The molecular weight excluding hydrogens is 467 g/mol. The molecule has 0 radical (unpaired) electrons. The van der Waals surface area contributed by atoms with Gasteiger partial charge in [-0.2, -0.15) is 13.2 Å². The highest BCUT2D eigenvalue weighted by molar-refractivity contribution is 8.00. The van der Waals surface area contributed by atoms with Gasteiger partial charge in [-0.05, 0) is 30.2 Å². The molecule has 2 heterocycles. The molecule has 0 aliphatic heterocycles. The van der Waals surface area contributed by atoms with Gasteiger partial charge in [0.15, 0.2) is 5.01 Å². The van der Waals surface area contributed by atoms with Crippen LogP contribution in [0.3, 0.4) is 0 Å². The normalized spacial score (nSPS) is 10.8. The Labute approximate surface area is 188 Å². The van der Waals surface area contributed by atoms with Gasteiger partial charge >= 0.3 is 12.1 Å².